The van der Waals surface area contributed by atoms with Crippen LogP contribution in [0.4, 0.5) is 0 Å². The molecule has 2 aromatic heterocycles. The van der Waals surface area contributed by atoms with Crippen molar-refractivity contribution in [2.24, 2.45) is 0 Å². The topological polar surface area (TPSA) is 38.7 Å². The molecule has 0 bridgehead atoms. The third-order valence-electron chi connectivity index (χ3n) is 2.68. The van der Waals surface area contributed by atoms with Crippen LogP contribution >= 0.6 is 11.3 Å². The number of thiazole rings is 1. The van der Waals surface area contributed by atoms with Crippen molar-refractivity contribution in [1.29, 1.82) is 0 Å². The molecule has 0 spiro atoms. The lowest BCUT2D eigenvalue weighted by atomic mass is 9.88. The molecule has 3 nitrogen and oxygen atoms in total. The van der Waals surface area contributed by atoms with Crippen LogP contribution in [0.5, 0.6) is 0 Å². The van der Waals surface area contributed by atoms with Crippen LogP contribution in [0, 0.1) is 0 Å². The third kappa shape index (κ3) is 2.18. The molecule has 0 aliphatic carbocycles. The Morgan fingerprint density at radius 1 is 0.882 bits per heavy atom. The van der Waals surface area contributed by atoms with Crippen molar-refractivity contribution in [3.05, 3.63) is 16.9 Å². The molecule has 0 saturated heterocycles. The Hall–Kier alpha value is -1.03. The molecule has 0 N–H and O–H groups in total. The first-order valence-electron chi connectivity index (χ1n) is 5.82. The first-order valence-corrected chi connectivity index (χ1v) is 6.70. The zero-order valence-corrected chi connectivity index (χ0v) is 12.1. The summed E-state index contributed by atoms with van der Waals surface area (Å²) in [5.41, 5.74) is 4.93. The first-order chi connectivity index (χ1) is 7.71. The van der Waals surface area contributed by atoms with Crippen molar-refractivity contribution >= 4 is 21.6 Å². The average molecular weight is 249 g/mol. The van der Waals surface area contributed by atoms with Gasteiger partial charge in [0.15, 0.2) is 0 Å². The Morgan fingerprint density at radius 3 is 1.94 bits per heavy atom. The van der Waals surface area contributed by atoms with Gasteiger partial charge in [-0.1, -0.05) is 41.5 Å². The van der Waals surface area contributed by atoms with Crippen molar-refractivity contribution < 1.29 is 0 Å². The highest BCUT2D eigenvalue weighted by Crippen LogP contribution is 2.34. The van der Waals surface area contributed by atoms with Crippen LogP contribution in [0.25, 0.3) is 10.2 Å². The predicted molar refractivity (Wildman–Crippen MR) is 72.6 cm³/mol. The second-order valence-electron chi connectivity index (χ2n) is 6.43. The van der Waals surface area contributed by atoms with Crippen LogP contribution in [0.3, 0.4) is 0 Å². The van der Waals surface area contributed by atoms with Crippen molar-refractivity contribution in [2.75, 3.05) is 0 Å². The van der Waals surface area contributed by atoms with Crippen LogP contribution < -0.4 is 0 Å². The highest BCUT2D eigenvalue weighted by Gasteiger charge is 2.26. The SMILES string of the molecule is CC(C)(C)c1nnc(C(C)(C)C)c2scnc12. The molecule has 92 valence electrons. The van der Waals surface area contributed by atoms with E-state index in [4.69, 9.17) is 0 Å². The molecule has 0 radical (unpaired) electrons. The van der Waals surface area contributed by atoms with Crippen molar-refractivity contribution in [3.8, 4) is 0 Å². The van der Waals surface area contributed by atoms with E-state index in [0.29, 0.717) is 0 Å². The van der Waals surface area contributed by atoms with Crippen LogP contribution in [-0.4, -0.2) is 15.2 Å². The second-order valence-corrected chi connectivity index (χ2v) is 7.28. The van der Waals surface area contributed by atoms with E-state index in [-0.39, 0.29) is 10.8 Å². The number of aromatic nitrogens is 3. The highest BCUT2D eigenvalue weighted by atomic mass is 32.1. The van der Waals surface area contributed by atoms with Gasteiger partial charge in [-0.3, -0.25) is 0 Å². The Bertz CT molecular complexity index is 496. The third-order valence-corrected chi connectivity index (χ3v) is 3.51. The van der Waals surface area contributed by atoms with Crippen LogP contribution in [0.2, 0.25) is 0 Å². The van der Waals surface area contributed by atoms with Gasteiger partial charge in [-0.05, 0) is 0 Å². The summed E-state index contributed by atoms with van der Waals surface area (Å²) in [5.74, 6) is 0. The monoisotopic (exact) mass is 249 g/mol. The Morgan fingerprint density at radius 2 is 1.41 bits per heavy atom. The molecule has 0 saturated carbocycles. The minimum atomic E-state index is -0.0181. The molecule has 0 fully saturated rings. The average Bonchev–Trinajstić information content (AvgIpc) is 2.60. The van der Waals surface area contributed by atoms with Gasteiger partial charge < -0.3 is 0 Å². The van der Waals surface area contributed by atoms with E-state index in [9.17, 15) is 0 Å². The van der Waals surface area contributed by atoms with E-state index in [0.717, 1.165) is 16.9 Å². The van der Waals surface area contributed by atoms with E-state index < -0.39 is 0 Å². The fraction of sp³-hybridized carbons (Fsp3) is 0.615. The summed E-state index contributed by atoms with van der Waals surface area (Å²) >= 11 is 1.66. The van der Waals surface area contributed by atoms with Crippen molar-refractivity contribution in [1.82, 2.24) is 15.2 Å². The van der Waals surface area contributed by atoms with Gasteiger partial charge in [-0.2, -0.15) is 10.2 Å². The molecule has 4 heteroatoms. The fourth-order valence-electron chi connectivity index (χ4n) is 1.77. The molecule has 17 heavy (non-hydrogen) atoms. The summed E-state index contributed by atoms with van der Waals surface area (Å²) in [5, 5.41) is 8.85. The van der Waals surface area contributed by atoms with Gasteiger partial charge in [-0.25, -0.2) is 4.98 Å². The van der Waals surface area contributed by atoms with E-state index in [2.05, 4.69) is 56.7 Å². The second kappa shape index (κ2) is 3.73. The molecular formula is C13H19N3S. The smallest absolute Gasteiger partial charge is 0.107 e. The number of rotatable bonds is 0. The largest absolute Gasteiger partial charge is 0.243 e. The van der Waals surface area contributed by atoms with Gasteiger partial charge in [0.2, 0.25) is 0 Å². The molecule has 0 aromatic carbocycles. The molecule has 2 rings (SSSR count). The number of hydrogen-bond acceptors (Lipinski definition) is 4. The molecule has 2 heterocycles. The van der Waals surface area contributed by atoms with E-state index >= 15 is 0 Å². The molecule has 0 aliphatic heterocycles. The van der Waals surface area contributed by atoms with Gasteiger partial charge >= 0.3 is 0 Å². The summed E-state index contributed by atoms with van der Waals surface area (Å²) in [7, 11) is 0. The quantitative estimate of drug-likeness (QED) is 0.715. The lowest BCUT2D eigenvalue weighted by molar-refractivity contribution is 0.537. The van der Waals surface area contributed by atoms with Crippen LogP contribution in [0.1, 0.15) is 52.9 Å². The summed E-state index contributed by atoms with van der Waals surface area (Å²) in [6.45, 7) is 12.9. The lowest BCUT2D eigenvalue weighted by Gasteiger charge is -2.21. The number of hydrogen-bond donors (Lipinski definition) is 0. The van der Waals surface area contributed by atoms with Gasteiger partial charge in [0.1, 0.15) is 5.52 Å². The minimum absolute atomic E-state index is 0.00813. The lowest BCUT2D eigenvalue weighted by Crippen LogP contribution is -2.20. The van der Waals surface area contributed by atoms with Crippen LogP contribution in [-0.2, 0) is 10.8 Å². The normalized spacial score (nSPS) is 13.3. The zero-order valence-electron chi connectivity index (χ0n) is 11.3. The first kappa shape index (κ1) is 12.4. The van der Waals surface area contributed by atoms with Gasteiger partial charge in [0.05, 0.1) is 21.6 Å². The highest BCUT2D eigenvalue weighted by molar-refractivity contribution is 7.17. The minimum Gasteiger partial charge on any atom is -0.243 e. The molecule has 0 atom stereocenters. The summed E-state index contributed by atoms with van der Waals surface area (Å²) in [6, 6.07) is 0. The molecular weight excluding hydrogens is 230 g/mol. The van der Waals surface area contributed by atoms with E-state index in [1.165, 1.54) is 4.70 Å². The fourth-order valence-corrected chi connectivity index (χ4v) is 2.75. The summed E-state index contributed by atoms with van der Waals surface area (Å²) in [4.78, 5) is 4.48. The van der Waals surface area contributed by atoms with Gasteiger partial charge in [0, 0.05) is 10.8 Å². The molecule has 0 aliphatic rings. The maximum absolute atomic E-state index is 4.48. The van der Waals surface area contributed by atoms with Crippen molar-refractivity contribution in [2.45, 2.75) is 52.4 Å². The Balaban J connectivity index is 2.76. The maximum Gasteiger partial charge on any atom is 0.107 e. The number of nitrogens with zero attached hydrogens (tertiary/aromatic N) is 3. The van der Waals surface area contributed by atoms with E-state index in [1.54, 1.807) is 11.3 Å². The Kier molecular flexibility index (Phi) is 2.73. The number of fused-ring (bicyclic) bond motifs is 1. The van der Waals surface area contributed by atoms with Crippen molar-refractivity contribution in [3.63, 3.8) is 0 Å². The standard InChI is InChI=1S/C13H19N3S/c1-12(2,3)10-8-9(17-7-14-8)11(16-15-10)13(4,5)6/h7H,1-6H3. The maximum atomic E-state index is 4.48. The molecule has 0 unspecified atom stereocenters. The van der Waals surface area contributed by atoms with Gasteiger partial charge in [0.25, 0.3) is 0 Å². The molecule has 0 amide bonds. The predicted octanol–water partition coefficient (Wildman–Crippen LogP) is 3.68. The Labute approximate surface area is 106 Å². The van der Waals surface area contributed by atoms with Gasteiger partial charge in [-0.15, -0.1) is 11.3 Å². The summed E-state index contributed by atoms with van der Waals surface area (Å²) in [6.07, 6.45) is 0. The zero-order chi connectivity index (χ0) is 12.8. The summed E-state index contributed by atoms with van der Waals surface area (Å²) < 4.78 is 1.18. The van der Waals surface area contributed by atoms with E-state index in [1.807, 2.05) is 5.51 Å². The van der Waals surface area contributed by atoms with Crippen LogP contribution in [0.15, 0.2) is 5.51 Å². The molecule has 2 aromatic rings.